The predicted molar refractivity (Wildman–Crippen MR) is 85.5 cm³/mol. The highest BCUT2D eigenvalue weighted by molar-refractivity contribution is 5.53. The van der Waals surface area contributed by atoms with Crippen LogP contribution >= 0.6 is 0 Å². The van der Waals surface area contributed by atoms with Crippen LogP contribution in [0, 0.1) is 5.92 Å². The van der Waals surface area contributed by atoms with Gasteiger partial charge in [0.15, 0.2) is 0 Å². The maximum Gasteiger partial charge on any atom is -0.0162 e. The summed E-state index contributed by atoms with van der Waals surface area (Å²) in [6.45, 7) is 8.49. The molecule has 2 rings (SSSR count). The summed E-state index contributed by atoms with van der Waals surface area (Å²) in [5.74, 6) is 1.78. The molecule has 19 heavy (non-hydrogen) atoms. The summed E-state index contributed by atoms with van der Waals surface area (Å²) in [4.78, 5) is 0. The molecule has 0 amide bonds. The van der Waals surface area contributed by atoms with E-state index in [0.717, 1.165) is 18.3 Å². The molecular formula is C19H28. The molecule has 104 valence electrons. The van der Waals surface area contributed by atoms with E-state index in [0.29, 0.717) is 0 Å². The van der Waals surface area contributed by atoms with E-state index in [9.17, 15) is 0 Å². The Morgan fingerprint density at radius 3 is 2.47 bits per heavy atom. The van der Waals surface area contributed by atoms with Crippen molar-refractivity contribution in [1.29, 1.82) is 0 Å². The van der Waals surface area contributed by atoms with E-state index >= 15 is 0 Å². The lowest BCUT2D eigenvalue weighted by molar-refractivity contribution is 0.308. The first kappa shape index (κ1) is 14.4. The second kappa shape index (κ2) is 6.93. The minimum Gasteiger partial charge on any atom is -0.0985 e. The molecular weight excluding hydrogens is 228 g/mol. The number of aryl methyl sites for hydroxylation is 1. The van der Waals surface area contributed by atoms with Crippen LogP contribution in [-0.4, -0.2) is 0 Å². The van der Waals surface area contributed by atoms with E-state index in [2.05, 4.69) is 38.6 Å². The Morgan fingerprint density at radius 1 is 1.16 bits per heavy atom. The second-order valence-electron chi connectivity index (χ2n) is 6.02. The highest BCUT2D eigenvalue weighted by Crippen LogP contribution is 2.38. The van der Waals surface area contributed by atoms with E-state index in [-0.39, 0.29) is 0 Å². The minimum atomic E-state index is 0.790. The van der Waals surface area contributed by atoms with E-state index in [4.69, 9.17) is 0 Å². The molecule has 0 heteroatoms. The number of rotatable bonds is 5. The van der Waals surface area contributed by atoms with Crippen LogP contribution in [0.25, 0.3) is 6.08 Å². The Bertz CT molecular complexity index is 408. The normalized spacial score (nSPS) is 23.3. The maximum absolute atomic E-state index is 3.96. The van der Waals surface area contributed by atoms with Crippen molar-refractivity contribution >= 4 is 6.08 Å². The fourth-order valence-corrected chi connectivity index (χ4v) is 3.57. The van der Waals surface area contributed by atoms with Gasteiger partial charge in [-0.3, -0.25) is 0 Å². The van der Waals surface area contributed by atoms with Crippen LogP contribution in [0.2, 0.25) is 0 Å². The van der Waals surface area contributed by atoms with Gasteiger partial charge in [0, 0.05) is 0 Å². The van der Waals surface area contributed by atoms with Gasteiger partial charge in [0.05, 0.1) is 0 Å². The summed E-state index contributed by atoms with van der Waals surface area (Å²) in [6.07, 6.45) is 11.5. The Hall–Kier alpha value is -1.04. The topological polar surface area (TPSA) is 0 Å². The third-order valence-corrected chi connectivity index (χ3v) is 4.79. The van der Waals surface area contributed by atoms with Crippen LogP contribution in [0.15, 0.2) is 24.8 Å². The molecule has 1 aromatic rings. The molecule has 1 fully saturated rings. The van der Waals surface area contributed by atoms with Crippen molar-refractivity contribution in [2.75, 3.05) is 0 Å². The zero-order valence-electron chi connectivity index (χ0n) is 12.6. The fourth-order valence-electron chi connectivity index (χ4n) is 3.57. The quantitative estimate of drug-likeness (QED) is 0.609. The summed E-state index contributed by atoms with van der Waals surface area (Å²) < 4.78 is 0. The lowest BCUT2D eigenvalue weighted by atomic mass is 9.77. The fraction of sp³-hybridized carbons (Fsp3) is 0.579. The van der Waals surface area contributed by atoms with Crippen molar-refractivity contribution in [1.82, 2.24) is 0 Å². The third-order valence-electron chi connectivity index (χ3n) is 4.79. The molecule has 0 aliphatic heterocycles. The van der Waals surface area contributed by atoms with E-state index < -0.39 is 0 Å². The summed E-state index contributed by atoms with van der Waals surface area (Å²) in [6, 6.07) is 7.05. The highest BCUT2D eigenvalue weighted by Gasteiger charge is 2.22. The first-order valence-electron chi connectivity index (χ1n) is 8.03. The number of hydrogen-bond donors (Lipinski definition) is 0. The van der Waals surface area contributed by atoms with Crippen molar-refractivity contribution in [3.8, 4) is 0 Å². The van der Waals surface area contributed by atoms with Crippen LogP contribution < -0.4 is 0 Å². The van der Waals surface area contributed by atoms with Gasteiger partial charge in [-0.15, -0.1) is 0 Å². The molecule has 0 unspecified atom stereocenters. The Labute approximate surface area is 118 Å². The van der Waals surface area contributed by atoms with E-state index in [1.807, 2.05) is 6.08 Å². The van der Waals surface area contributed by atoms with Crippen LogP contribution in [0.1, 0.15) is 75.0 Å². The zero-order chi connectivity index (χ0) is 13.7. The first-order chi connectivity index (χ1) is 9.28. The van der Waals surface area contributed by atoms with Gasteiger partial charge in [0.2, 0.25) is 0 Å². The molecule has 0 atom stereocenters. The molecule has 0 spiro atoms. The Kier molecular flexibility index (Phi) is 5.24. The zero-order valence-corrected chi connectivity index (χ0v) is 12.6. The van der Waals surface area contributed by atoms with Crippen molar-refractivity contribution in [3.05, 3.63) is 41.5 Å². The highest BCUT2D eigenvalue weighted by atomic mass is 14.3. The minimum absolute atomic E-state index is 0.790. The SMILES string of the molecule is C=Cc1cc(C2CCC(CCC)CC2)ccc1CC. The van der Waals surface area contributed by atoms with Gasteiger partial charge in [0.1, 0.15) is 0 Å². The summed E-state index contributed by atoms with van der Waals surface area (Å²) in [5.41, 5.74) is 4.32. The molecule has 0 aromatic heterocycles. The lowest BCUT2D eigenvalue weighted by Crippen LogP contribution is -2.13. The summed E-state index contributed by atoms with van der Waals surface area (Å²) in [5, 5.41) is 0. The van der Waals surface area contributed by atoms with Crippen LogP contribution in [0.5, 0.6) is 0 Å². The summed E-state index contributed by atoms with van der Waals surface area (Å²) in [7, 11) is 0. The smallest absolute Gasteiger partial charge is 0.0162 e. The lowest BCUT2D eigenvalue weighted by Gasteiger charge is -2.29. The van der Waals surface area contributed by atoms with E-state index in [1.165, 1.54) is 49.7 Å². The average molecular weight is 256 g/mol. The van der Waals surface area contributed by atoms with Crippen LogP contribution in [0.4, 0.5) is 0 Å². The van der Waals surface area contributed by atoms with Gasteiger partial charge in [-0.25, -0.2) is 0 Å². The third kappa shape index (κ3) is 3.49. The standard InChI is InChI=1S/C19H28/c1-4-7-15-8-10-18(11-9-15)19-13-12-16(5-2)17(6-3)14-19/h6,12-15,18H,3-5,7-11H2,1-2H3. The predicted octanol–water partition coefficient (Wildman–Crippen LogP) is 5.97. The molecule has 1 aliphatic carbocycles. The average Bonchev–Trinajstić information content (AvgIpc) is 2.47. The van der Waals surface area contributed by atoms with Crippen LogP contribution in [-0.2, 0) is 6.42 Å². The largest absolute Gasteiger partial charge is 0.0985 e. The second-order valence-corrected chi connectivity index (χ2v) is 6.02. The van der Waals surface area contributed by atoms with Crippen LogP contribution in [0.3, 0.4) is 0 Å². The molecule has 0 radical (unpaired) electrons. The maximum atomic E-state index is 3.96. The van der Waals surface area contributed by atoms with Gasteiger partial charge < -0.3 is 0 Å². The molecule has 0 saturated heterocycles. The van der Waals surface area contributed by atoms with Gasteiger partial charge in [-0.2, -0.15) is 0 Å². The molecule has 0 heterocycles. The Morgan fingerprint density at radius 2 is 1.89 bits per heavy atom. The molecule has 1 saturated carbocycles. The molecule has 1 aliphatic rings. The van der Waals surface area contributed by atoms with Gasteiger partial charge in [0.25, 0.3) is 0 Å². The van der Waals surface area contributed by atoms with E-state index in [1.54, 1.807) is 5.56 Å². The number of hydrogen-bond acceptors (Lipinski definition) is 0. The van der Waals surface area contributed by atoms with Crippen molar-refractivity contribution in [2.45, 2.75) is 64.7 Å². The van der Waals surface area contributed by atoms with Crippen molar-refractivity contribution < 1.29 is 0 Å². The van der Waals surface area contributed by atoms with Gasteiger partial charge >= 0.3 is 0 Å². The first-order valence-corrected chi connectivity index (χ1v) is 8.03. The summed E-state index contributed by atoms with van der Waals surface area (Å²) >= 11 is 0. The monoisotopic (exact) mass is 256 g/mol. The molecule has 0 nitrogen and oxygen atoms in total. The molecule has 0 N–H and O–H groups in total. The molecule has 1 aromatic carbocycles. The van der Waals surface area contributed by atoms with Gasteiger partial charge in [-0.1, -0.05) is 57.5 Å². The van der Waals surface area contributed by atoms with Gasteiger partial charge in [-0.05, 0) is 60.6 Å². The number of benzene rings is 1. The van der Waals surface area contributed by atoms with Crippen molar-refractivity contribution in [2.24, 2.45) is 5.92 Å². The Balaban J connectivity index is 2.05. The molecule has 0 bridgehead atoms. The van der Waals surface area contributed by atoms with Crippen molar-refractivity contribution in [3.63, 3.8) is 0 Å².